The average molecular weight is 331 g/mol. The van der Waals surface area contributed by atoms with Crippen LogP contribution in [-0.2, 0) is 6.54 Å². The topological polar surface area (TPSA) is 45.2 Å². The number of rotatable bonds is 4. The first kappa shape index (κ1) is 15.7. The molecule has 3 heterocycles. The van der Waals surface area contributed by atoms with E-state index in [1.807, 2.05) is 55.1 Å². The molecular formula is C20H21N5. The lowest BCUT2D eigenvalue weighted by Crippen LogP contribution is -2.46. The molecule has 0 radical (unpaired) electrons. The highest BCUT2D eigenvalue weighted by atomic mass is 15.3. The Balaban J connectivity index is 1.34. The molecule has 5 heteroatoms. The number of hydrogen-bond acceptors (Lipinski definition) is 5. The third-order valence-corrected chi connectivity index (χ3v) is 4.54. The van der Waals surface area contributed by atoms with E-state index in [1.165, 1.54) is 5.69 Å². The molecule has 25 heavy (non-hydrogen) atoms. The van der Waals surface area contributed by atoms with Gasteiger partial charge in [0.15, 0.2) is 5.82 Å². The lowest BCUT2D eigenvalue weighted by molar-refractivity contribution is 0.249. The fraction of sp³-hybridized carbons (Fsp3) is 0.250. The van der Waals surface area contributed by atoms with Crippen LogP contribution in [0.2, 0.25) is 0 Å². The Morgan fingerprint density at radius 1 is 0.800 bits per heavy atom. The molecule has 0 saturated carbocycles. The van der Waals surface area contributed by atoms with Crippen LogP contribution in [0.4, 0.5) is 5.69 Å². The molecule has 3 aromatic rings. The SMILES string of the molecule is c1ccc(-c2ncc(CN3CCN(c4ccncc4)CC3)cn2)cc1. The number of piperazine rings is 1. The Morgan fingerprint density at radius 3 is 2.16 bits per heavy atom. The van der Waals surface area contributed by atoms with Gasteiger partial charge in [0.2, 0.25) is 0 Å². The first-order chi connectivity index (χ1) is 12.4. The quantitative estimate of drug-likeness (QED) is 0.735. The summed E-state index contributed by atoms with van der Waals surface area (Å²) >= 11 is 0. The lowest BCUT2D eigenvalue weighted by Gasteiger charge is -2.36. The van der Waals surface area contributed by atoms with Crippen molar-refractivity contribution in [2.75, 3.05) is 31.1 Å². The number of aromatic nitrogens is 3. The van der Waals surface area contributed by atoms with Crippen molar-refractivity contribution in [3.05, 3.63) is 72.8 Å². The van der Waals surface area contributed by atoms with E-state index >= 15 is 0 Å². The van der Waals surface area contributed by atoms with Crippen molar-refractivity contribution >= 4 is 5.69 Å². The molecule has 0 spiro atoms. The second-order valence-electron chi connectivity index (χ2n) is 6.25. The number of nitrogens with zero attached hydrogens (tertiary/aromatic N) is 5. The lowest BCUT2D eigenvalue weighted by atomic mass is 10.2. The van der Waals surface area contributed by atoms with Crippen molar-refractivity contribution in [1.82, 2.24) is 19.9 Å². The molecule has 1 fully saturated rings. The average Bonchev–Trinajstić information content (AvgIpc) is 2.71. The van der Waals surface area contributed by atoms with Crippen molar-refractivity contribution in [1.29, 1.82) is 0 Å². The predicted molar refractivity (Wildman–Crippen MR) is 99.2 cm³/mol. The van der Waals surface area contributed by atoms with Gasteiger partial charge in [0, 0.05) is 74.3 Å². The Bertz CT molecular complexity index is 781. The summed E-state index contributed by atoms with van der Waals surface area (Å²) in [6.45, 7) is 5.06. The molecule has 5 nitrogen and oxygen atoms in total. The molecular weight excluding hydrogens is 310 g/mol. The van der Waals surface area contributed by atoms with Gasteiger partial charge in [-0.3, -0.25) is 9.88 Å². The first-order valence-electron chi connectivity index (χ1n) is 8.62. The maximum Gasteiger partial charge on any atom is 0.159 e. The molecule has 2 aromatic heterocycles. The van der Waals surface area contributed by atoms with Gasteiger partial charge >= 0.3 is 0 Å². The second kappa shape index (κ2) is 7.40. The monoisotopic (exact) mass is 331 g/mol. The highest BCUT2D eigenvalue weighted by Crippen LogP contribution is 2.17. The Hall–Kier alpha value is -2.79. The van der Waals surface area contributed by atoms with Crippen LogP contribution in [0, 0.1) is 0 Å². The first-order valence-corrected chi connectivity index (χ1v) is 8.62. The highest BCUT2D eigenvalue weighted by molar-refractivity contribution is 5.54. The van der Waals surface area contributed by atoms with Crippen LogP contribution in [-0.4, -0.2) is 46.0 Å². The number of anilines is 1. The molecule has 0 aliphatic carbocycles. The zero-order valence-corrected chi connectivity index (χ0v) is 14.1. The molecule has 0 unspecified atom stereocenters. The normalized spacial score (nSPS) is 15.3. The van der Waals surface area contributed by atoms with Gasteiger partial charge < -0.3 is 4.90 Å². The molecule has 4 rings (SSSR count). The molecule has 126 valence electrons. The molecule has 0 bridgehead atoms. The van der Waals surface area contributed by atoms with Crippen LogP contribution in [0.15, 0.2) is 67.3 Å². The number of pyridine rings is 1. The van der Waals surface area contributed by atoms with E-state index in [0.29, 0.717) is 0 Å². The molecule has 0 amide bonds. The standard InChI is InChI=1S/C20H21N5/c1-2-4-18(5-3-1)20-22-14-17(15-23-20)16-24-10-12-25(13-11-24)19-6-8-21-9-7-19/h1-9,14-15H,10-13,16H2. The summed E-state index contributed by atoms with van der Waals surface area (Å²) in [6.07, 6.45) is 7.61. The van der Waals surface area contributed by atoms with Gasteiger partial charge in [0.25, 0.3) is 0 Å². The number of benzene rings is 1. The smallest absolute Gasteiger partial charge is 0.159 e. The van der Waals surface area contributed by atoms with E-state index in [9.17, 15) is 0 Å². The summed E-state index contributed by atoms with van der Waals surface area (Å²) in [4.78, 5) is 18.0. The Kier molecular flexibility index (Phi) is 4.65. The van der Waals surface area contributed by atoms with E-state index in [1.54, 1.807) is 0 Å². The zero-order valence-electron chi connectivity index (χ0n) is 14.1. The second-order valence-corrected chi connectivity index (χ2v) is 6.25. The maximum atomic E-state index is 4.52. The van der Waals surface area contributed by atoms with Gasteiger partial charge in [-0.05, 0) is 12.1 Å². The van der Waals surface area contributed by atoms with Crippen LogP contribution in [0.3, 0.4) is 0 Å². The molecule has 1 aliphatic rings. The fourth-order valence-electron chi connectivity index (χ4n) is 3.15. The van der Waals surface area contributed by atoms with Gasteiger partial charge in [0.05, 0.1) is 0 Å². The van der Waals surface area contributed by atoms with Gasteiger partial charge in [-0.25, -0.2) is 9.97 Å². The van der Waals surface area contributed by atoms with E-state index in [2.05, 4.69) is 36.9 Å². The molecule has 1 aromatic carbocycles. The minimum atomic E-state index is 0.784. The minimum Gasteiger partial charge on any atom is -0.369 e. The van der Waals surface area contributed by atoms with E-state index in [4.69, 9.17) is 0 Å². The Morgan fingerprint density at radius 2 is 1.48 bits per heavy atom. The van der Waals surface area contributed by atoms with Crippen molar-refractivity contribution in [2.24, 2.45) is 0 Å². The van der Waals surface area contributed by atoms with Crippen LogP contribution in [0.25, 0.3) is 11.4 Å². The zero-order chi connectivity index (χ0) is 16.9. The summed E-state index contributed by atoms with van der Waals surface area (Å²) in [5.41, 5.74) is 3.47. The van der Waals surface area contributed by atoms with Crippen molar-refractivity contribution in [3.63, 3.8) is 0 Å². The third kappa shape index (κ3) is 3.83. The summed E-state index contributed by atoms with van der Waals surface area (Å²) < 4.78 is 0. The van der Waals surface area contributed by atoms with Crippen molar-refractivity contribution in [2.45, 2.75) is 6.54 Å². The summed E-state index contributed by atoms with van der Waals surface area (Å²) in [7, 11) is 0. The fourth-order valence-corrected chi connectivity index (χ4v) is 3.15. The van der Waals surface area contributed by atoms with E-state index < -0.39 is 0 Å². The van der Waals surface area contributed by atoms with Crippen LogP contribution < -0.4 is 4.90 Å². The molecule has 0 N–H and O–H groups in total. The molecule has 0 atom stereocenters. The van der Waals surface area contributed by atoms with Crippen LogP contribution in [0.5, 0.6) is 0 Å². The van der Waals surface area contributed by atoms with Crippen LogP contribution in [0.1, 0.15) is 5.56 Å². The number of hydrogen-bond donors (Lipinski definition) is 0. The van der Waals surface area contributed by atoms with E-state index in [0.717, 1.165) is 49.7 Å². The molecule has 1 saturated heterocycles. The Labute approximate surface area is 148 Å². The summed E-state index contributed by atoms with van der Waals surface area (Å²) in [5, 5.41) is 0. The summed E-state index contributed by atoms with van der Waals surface area (Å²) in [6, 6.07) is 14.2. The van der Waals surface area contributed by atoms with Crippen molar-refractivity contribution < 1.29 is 0 Å². The van der Waals surface area contributed by atoms with Crippen molar-refractivity contribution in [3.8, 4) is 11.4 Å². The summed E-state index contributed by atoms with van der Waals surface area (Å²) in [5.74, 6) is 0.784. The predicted octanol–water partition coefficient (Wildman–Crippen LogP) is 2.86. The minimum absolute atomic E-state index is 0.784. The third-order valence-electron chi connectivity index (χ3n) is 4.54. The van der Waals surface area contributed by atoms with Crippen LogP contribution >= 0.6 is 0 Å². The molecule has 1 aliphatic heterocycles. The van der Waals surface area contributed by atoms with E-state index in [-0.39, 0.29) is 0 Å². The van der Waals surface area contributed by atoms with Gasteiger partial charge in [-0.2, -0.15) is 0 Å². The van der Waals surface area contributed by atoms with Gasteiger partial charge in [0.1, 0.15) is 0 Å². The van der Waals surface area contributed by atoms with Gasteiger partial charge in [-0.15, -0.1) is 0 Å². The highest BCUT2D eigenvalue weighted by Gasteiger charge is 2.17. The largest absolute Gasteiger partial charge is 0.369 e. The van der Waals surface area contributed by atoms with Gasteiger partial charge in [-0.1, -0.05) is 30.3 Å². The maximum absolute atomic E-state index is 4.52.